The van der Waals surface area contributed by atoms with Crippen LogP contribution in [0.15, 0.2) is 24.3 Å². The third kappa shape index (κ3) is 8.00. The van der Waals surface area contributed by atoms with E-state index < -0.39 is 0 Å². The van der Waals surface area contributed by atoms with E-state index in [-0.39, 0.29) is 18.1 Å². The fraction of sp³-hybridized carbons (Fsp3) is 0.588. The van der Waals surface area contributed by atoms with Crippen LogP contribution in [0.2, 0.25) is 0 Å². The molecule has 0 atom stereocenters. The van der Waals surface area contributed by atoms with Crippen molar-refractivity contribution in [3.63, 3.8) is 0 Å². The average molecular weight is 307 g/mol. The second-order valence-electron chi connectivity index (χ2n) is 6.67. The molecule has 0 saturated heterocycles. The van der Waals surface area contributed by atoms with Gasteiger partial charge in [-0.3, -0.25) is 4.79 Å². The number of benzene rings is 1. The van der Waals surface area contributed by atoms with E-state index in [9.17, 15) is 4.79 Å². The molecule has 5 nitrogen and oxygen atoms in total. The first-order valence-electron chi connectivity index (χ1n) is 7.65. The highest BCUT2D eigenvalue weighted by molar-refractivity contribution is 5.78. The Balaban J connectivity index is 2.48. The molecule has 0 aliphatic rings. The number of carbonyl (C=O) groups is 1. The maximum atomic E-state index is 11.8. The van der Waals surface area contributed by atoms with E-state index in [1.54, 1.807) is 0 Å². The fourth-order valence-electron chi connectivity index (χ4n) is 1.91. The van der Waals surface area contributed by atoms with Crippen LogP contribution in [0.5, 0.6) is 5.75 Å². The molecule has 1 amide bonds. The Labute approximate surface area is 134 Å². The van der Waals surface area contributed by atoms with Crippen LogP contribution < -0.4 is 15.4 Å². The average Bonchev–Trinajstić information content (AvgIpc) is 2.40. The number of carbonyl (C=O) groups excluding carboxylic acids is 1. The van der Waals surface area contributed by atoms with Crippen molar-refractivity contribution in [2.75, 3.05) is 33.8 Å². The Hall–Kier alpha value is -1.59. The zero-order valence-electron chi connectivity index (χ0n) is 14.4. The van der Waals surface area contributed by atoms with Gasteiger partial charge in [0.15, 0.2) is 6.61 Å². The molecule has 124 valence electrons. The van der Waals surface area contributed by atoms with E-state index in [0.29, 0.717) is 0 Å². The van der Waals surface area contributed by atoms with E-state index in [1.165, 1.54) is 0 Å². The summed E-state index contributed by atoms with van der Waals surface area (Å²) in [4.78, 5) is 14.0. The lowest BCUT2D eigenvalue weighted by Crippen LogP contribution is -2.43. The summed E-state index contributed by atoms with van der Waals surface area (Å²) in [5, 5.41) is 6.27. The molecule has 0 saturated carbocycles. The predicted molar refractivity (Wildman–Crippen MR) is 90.1 cm³/mol. The Bertz CT molecular complexity index is 467. The summed E-state index contributed by atoms with van der Waals surface area (Å²) in [6, 6.07) is 7.80. The molecule has 0 radical (unpaired) electrons. The summed E-state index contributed by atoms with van der Waals surface area (Å²) in [5.41, 5.74) is 0.818. The minimum Gasteiger partial charge on any atom is -0.483 e. The van der Waals surface area contributed by atoms with Crippen LogP contribution in [-0.4, -0.2) is 50.1 Å². The molecule has 0 aromatic heterocycles. The van der Waals surface area contributed by atoms with Gasteiger partial charge in [-0.05, 0) is 40.9 Å². The number of hydrogen-bond donors (Lipinski definition) is 2. The second kappa shape index (κ2) is 8.76. The Morgan fingerprint density at radius 3 is 2.55 bits per heavy atom. The van der Waals surface area contributed by atoms with Crippen LogP contribution in [0.3, 0.4) is 0 Å². The van der Waals surface area contributed by atoms with E-state index in [0.717, 1.165) is 30.9 Å². The predicted octanol–water partition coefficient (Wildman–Crippen LogP) is 1.63. The summed E-state index contributed by atoms with van der Waals surface area (Å²) >= 11 is 0. The maximum absolute atomic E-state index is 11.8. The molecule has 2 N–H and O–H groups in total. The van der Waals surface area contributed by atoms with Crippen LogP contribution >= 0.6 is 0 Å². The Morgan fingerprint density at radius 1 is 1.23 bits per heavy atom. The smallest absolute Gasteiger partial charge is 0.258 e. The molecule has 0 unspecified atom stereocenters. The molecular formula is C17H29N3O2. The van der Waals surface area contributed by atoms with Crippen LogP contribution in [0.4, 0.5) is 0 Å². The maximum Gasteiger partial charge on any atom is 0.258 e. The van der Waals surface area contributed by atoms with Gasteiger partial charge in [0.05, 0.1) is 0 Å². The van der Waals surface area contributed by atoms with Crippen molar-refractivity contribution in [2.24, 2.45) is 0 Å². The third-order valence-corrected chi connectivity index (χ3v) is 2.90. The van der Waals surface area contributed by atoms with Crippen molar-refractivity contribution in [2.45, 2.75) is 32.9 Å². The van der Waals surface area contributed by atoms with Gasteiger partial charge in [-0.2, -0.15) is 0 Å². The first kappa shape index (κ1) is 18.5. The van der Waals surface area contributed by atoms with Crippen molar-refractivity contribution in [3.05, 3.63) is 29.8 Å². The highest BCUT2D eigenvalue weighted by Gasteiger charge is 2.14. The summed E-state index contributed by atoms with van der Waals surface area (Å²) in [6.45, 7) is 8.51. The lowest BCUT2D eigenvalue weighted by atomic mass is 10.1. The van der Waals surface area contributed by atoms with Gasteiger partial charge in [-0.1, -0.05) is 18.2 Å². The summed E-state index contributed by atoms with van der Waals surface area (Å²) in [5.74, 6) is 0.645. The van der Waals surface area contributed by atoms with Crippen LogP contribution in [0, 0.1) is 0 Å². The molecule has 1 rings (SSSR count). The van der Waals surface area contributed by atoms with Gasteiger partial charge in [-0.15, -0.1) is 0 Å². The molecule has 0 spiro atoms. The highest BCUT2D eigenvalue weighted by Crippen LogP contribution is 2.17. The Kier molecular flexibility index (Phi) is 7.35. The molecule has 0 bridgehead atoms. The van der Waals surface area contributed by atoms with Gasteiger partial charge in [0.1, 0.15) is 5.75 Å². The molecule has 5 heteroatoms. The quantitative estimate of drug-likeness (QED) is 0.717. The summed E-state index contributed by atoms with van der Waals surface area (Å²) < 4.78 is 5.66. The summed E-state index contributed by atoms with van der Waals surface area (Å²) in [6.07, 6.45) is 0. The van der Waals surface area contributed by atoms with Crippen molar-refractivity contribution < 1.29 is 9.53 Å². The van der Waals surface area contributed by atoms with Gasteiger partial charge >= 0.3 is 0 Å². The Morgan fingerprint density at radius 2 is 1.91 bits per heavy atom. The fourth-order valence-corrected chi connectivity index (χ4v) is 1.91. The first-order valence-corrected chi connectivity index (χ1v) is 7.65. The largest absolute Gasteiger partial charge is 0.483 e. The molecule has 0 heterocycles. The second-order valence-corrected chi connectivity index (χ2v) is 6.67. The standard InChI is InChI=1S/C17H29N3O2/c1-17(2,3)19-16(21)13-22-15-9-7-6-8-14(15)12-18-10-11-20(4)5/h6-9,18H,10-13H2,1-5H3,(H,19,21). The van der Waals surface area contributed by atoms with Crippen molar-refractivity contribution >= 4 is 5.91 Å². The van der Waals surface area contributed by atoms with Crippen LogP contribution in [-0.2, 0) is 11.3 Å². The molecule has 0 aliphatic heterocycles. The SMILES string of the molecule is CN(C)CCNCc1ccccc1OCC(=O)NC(C)(C)C. The minimum absolute atomic E-state index is 0.0337. The lowest BCUT2D eigenvalue weighted by molar-refractivity contribution is -0.124. The van der Waals surface area contributed by atoms with Crippen molar-refractivity contribution in [3.8, 4) is 5.75 Å². The van der Waals surface area contributed by atoms with E-state index >= 15 is 0 Å². The molecule has 22 heavy (non-hydrogen) atoms. The molecule has 1 aromatic carbocycles. The lowest BCUT2D eigenvalue weighted by Gasteiger charge is -2.21. The minimum atomic E-state index is -0.242. The van der Waals surface area contributed by atoms with Crippen LogP contribution in [0.25, 0.3) is 0 Å². The van der Waals surface area contributed by atoms with E-state index in [4.69, 9.17) is 4.74 Å². The zero-order chi connectivity index (χ0) is 16.6. The molecular weight excluding hydrogens is 278 g/mol. The van der Waals surface area contributed by atoms with Gasteiger partial charge in [0.2, 0.25) is 0 Å². The number of nitrogens with zero attached hydrogens (tertiary/aromatic N) is 1. The summed E-state index contributed by atoms with van der Waals surface area (Å²) in [7, 11) is 4.10. The first-order chi connectivity index (χ1) is 10.3. The van der Waals surface area contributed by atoms with Gasteiger partial charge in [0, 0.05) is 30.7 Å². The molecule has 1 aromatic rings. The number of para-hydroxylation sites is 1. The van der Waals surface area contributed by atoms with E-state index in [1.807, 2.05) is 59.1 Å². The number of nitrogens with one attached hydrogen (secondary N) is 2. The van der Waals surface area contributed by atoms with Crippen molar-refractivity contribution in [1.82, 2.24) is 15.5 Å². The molecule has 0 fully saturated rings. The zero-order valence-corrected chi connectivity index (χ0v) is 14.4. The number of hydrogen-bond acceptors (Lipinski definition) is 4. The van der Waals surface area contributed by atoms with Crippen LogP contribution in [0.1, 0.15) is 26.3 Å². The normalized spacial score (nSPS) is 11.5. The highest BCUT2D eigenvalue weighted by atomic mass is 16.5. The van der Waals surface area contributed by atoms with E-state index in [2.05, 4.69) is 15.5 Å². The van der Waals surface area contributed by atoms with Crippen molar-refractivity contribution in [1.29, 1.82) is 0 Å². The number of ether oxygens (including phenoxy) is 1. The molecule has 0 aliphatic carbocycles. The van der Waals surface area contributed by atoms with Gasteiger partial charge in [-0.25, -0.2) is 0 Å². The topological polar surface area (TPSA) is 53.6 Å². The van der Waals surface area contributed by atoms with Gasteiger partial charge < -0.3 is 20.3 Å². The number of likely N-dealkylation sites (N-methyl/N-ethyl adjacent to an activating group) is 1. The number of amides is 1. The monoisotopic (exact) mass is 307 g/mol. The third-order valence-electron chi connectivity index (χ3n) is 2.90. The number of rotatable bonds is 8. The van der Waals surface area contributed by atoms with Gasteiger partial charge in [0.25, 0.3) is 5.91 Å².